The highest BCUT2D eigenvalue weighted by atomic mass is 19.4. The number of aromatic nitrogens is 1. The molecule has 3 rings (SSSR count). The summed E-state index contributed by atoms with van der Waals surface area (Å²) in [7, 11) is 0. The van der Waals surface area contributed by atoms with Crippen LogP contribution < -0.4 is 0 Å². The van der Waals surface area contributed by atoms with Gasteiger partial charge in [-0.05, 0) is 24.3 Å². The van der Waals surface area contributed by atoms with Crippen molar-refractivity contribution >= 4 is 17.8 Å². The van der Waals surface area contributed by atoms with Gasteiger partial charge in [0.25, 0.3) is 11.8 Å². The van der Waals surface area contributed by atoms with E-state index < -0.39 is 35.3 Å². The Kier molecular flexibility index (Phi) is 3.20. The fourth-order valence-corrected chi connectivity index (χ4v) is 2.06. The van der Waals surface area contributed by atoms with Crippen molar-refractivity contribution in [3.05, 3.63) is 58.9 Å². The van der Waals surface area contributed by atoms with E-state index in [0.29, 0.717) is 6.07 Å². The highest BCUT2D eigenvalue weighted by Gasteiger charge is 2.39. The number of alkyl halides is 3. The third kappa shape index (κ3) is 2.45. The lowest BCUT2D eigenvalue weighted by Crippen LogP contribution is -2.32. The van der Waals surface area contributed by atoms with Gasteiger partial charge in [-0.15, -0.1) is 0 Å². The van der Waals surface area contributed by atoms with Gasteiger partial charge in [-0.2, -0.15) is 13.2 Å². The largest absolute Gasteiger partial charge is 0.431 e. The molecule has 0 atom stereocenters. The number of hydrogen-bond acceptors (Lipinski definition) is 4. The molecule has 1 aliphatic rings. The first-order chi connectivity index (χ1) is 10.8. The molecule has 1 aromatic carbocycles. The predicted octanol–water partition coefficient (Wildman–Crippen LogP) is 2.40. The monoisotopic (exact) mass is 324 g/mol. The molecule has 6 nitrogen and oxygen atoms in total. The van der Waals surface area contributed by atoms with Crippen LogP contribution in [0.15, 0.2) is 36.4 Å². The third-order valence-corrected chi connectivity index (χ3v) is 3.14. The summed E-state index contributed by atoms with van der Waals surface area (Å²) in [6, 6.07) is 7.30. The first kappa shape index (κ1) is 14.8. The number of H-pyrrole nitrogens is 1. The number of carbonyl (C=O) groups is 3. The SMILES string of the molecule is O=C(ON1C(=O)c2ccccc2C1=O)c1ccc(C(F)(F)F)[nH]1. The molecule has 1 aliphatic heterocycles. The van der Waals surface area contributed by atoms with E-state index in [9.17, 15) is 27.6 Å². The molecule has 2 aromatic rings. The van der Waals surface area contributed by atoms with E-state index in [0.717, 1.165) is 6.07 Å². The second-order valence-corrected chi connectivity index (χ2v) is 4.61. The van der Waals surface area contributed by atoms with E-state index in [2.05, 4.69) is 4.84 Å². The first-order valence-corrected chi connectivity index (χ1v) is 6.25. The summed E-state index contributed by atoms with van der Waals surface area (Å²) in [5.74, 6) is -3.00. The van der Waals surface area contributed by atoms with Gasteiger partial charge in [0.05, 0.1) is 11.1 Å². The van der Waals surface area contributed by atoms with Crippen molar-refractivity contribution in [3.8, 4) is 0 Å². The zero-order chi connectivity index (χ0) is 16.8. The maximum atomic E-state index is 12.5. The van der Waals surface area contributed by atoms with Crippen LogP contribution in [0.25, 0.3) is 0 Å². The molecule has 0 saturated heterocycles. The van der Waals surface area contributed by atoms with Crippen molar-refractivity contribution in [1.82, 2.24) is 10.0 Å². The minimum atomic E-state index is -4.66. The Bertz CT molecular complexity index is 790. The van der Waals surface area contributed by atoms with Crippen molar-refractivity contribution < 1.29 is 32.4 Å². The number of nitrogens with one attached hydrogen (secondary N) is 1. The Morgan fingerprint density at radius 3 is 2.04 bits per heavy atom. The Labute approximate surface area is 126 Å². The molecule has 0 radical (unpaired) electrons. The molecule has 2 heterocycles. The second-order valence-electron chi connectivity index (χ2n) is 4.61. The van der Waals surface area contributed by atoms with E-state index in [1.165, 1.54) is 24.3 Å². The van der Waals surface area contributed by atoms with Crippen LogP contribution in [0.1, 0.15) is 36.9 Å². The van der Waals surface area contributed by atoms with E-state index >= 15 is 0 Å². The van der Waals surface area contributed by atoms with Gasteiger partial charge in [0, 0.05) is 0 Å². The lowest BCUT2D eigenvalue weighted by Gasteiger charge is -2.11. The van der Waals surface area contributed by atoms with Gasteiger partial charge in [0.1, 0.15) is 11.4 Å². The van der Waals surface area contributed by atoms with Crippen LogP contribution in [0.5, 0.6) is 0 Å². The number of carbonyl (C=O) groups excluding carboxylic acids is 3. The summed E-state index contributed by atoms with van der Waals surface area (Å²) < 4.78 is 37.4. The molecule has 0 saturated carbocycles. The van der Waals surface area contributed by atoms with Gasteiger partial charge in [-0.1, -0.05) is 17.2 Å². The van der Waals surface area contributed by atoms with Crippen LogP contribution >= 0.6 is 0 Å². The molecule has 0 aliphatic carbocycles. The van der Waals surface area contributed by atoms with Gasteiger partial charge in [-0.25, -0.2) is 4.79 Å². The summed E-state index contributed by atoms with van der Waals surface area (Å²) in [5.41, 5.74) is -1.58. The van der Waals surface area contributed by atoms with E-state index in [-0.39, 0.29) is 16.2 Å². The summed E-state index contributed by atoms with van der Waals surface area (Å²) >= 11 is 0. The minimum Gasteiger partial charge on any atom is -0.346 e. The zero-order valence-electron chi connectivity index (χ0n) is 11.2. The Balaban J connectivity index is 1.81. The van der Waals surface area contributed by atoms with E-state index in [1.54, 1.807) is 0 Å². The average Bonchev–Trinajstić information content (AvgIpc) is 3.08. The van der Waals surface area contributed by atoms with Crippen molar-refractivity contribution in [2.45, 2.75) is 6.18 Å². The van der Waals surface area contributed by atoms with Gasteiger partial charge >= 0.3 is 12.1 Å². The van der Waals surface area contributed by atoms with E-state index in [1.807, 2.05) is 4.98 Å². The number of amides is 2. The van der Waals surface area contributed by atoms with Crippen LogP contribution in [0.3, 0.4) is 0 Å². The summed E-state index contributed by atoms with van der Waals surface area (Å²) in [4.78, 5) is 42.2. The topological polar surface area (TPSA) is 79.5 Å². The maximum absolute atomic E-state index is 12.5. The van der Waals surface area contributed by atoms with Crippen molar-refractivity contribution in [1.29, 1.82) is 0 Å². The Morgan fingerprint density at radius 1 is 1.00 bits per heavy atom. The van der Waals surface area contributed by atoms with Crippen LogP contribution in [0.2, 0.25) is 0 Å². The number of benzene rings is 1. The zero-order valence-corrected chi connectivity index (χ0v) is 11.2. The molecule has 0 bridgehead atoms. The molecule has 2 amide bonds. The number of aromatic amines is 1. The number of nitrogens with zero attached hydrogens (tertiary/aromatic N) is 1. The number of hydrogen-bond donors (Lipinski definition) is 1. The Morgan fingerprint density at radius 2 is 1.57 bits per heavy atom. The molecule has 1 N–H and O–H groups in total. The number of fused-ring (bicyclic) bond motifs is 1. The van der Waals surface area contributed by atoms with Gasteiger partial charge in [-0.3, -0.25) is 9.59 Å². The quantitative estimate of drug-likeness (QED) is 0.860. The van der Waals surface area contributed by atoms with E-state index in [4.69, 9.17) is 0 Å². The Hall–Kier alpha value is -3.10. The molecule has 1 aromatic heterocycles. The number of halogens is 3. The lowest BCUT2D eigenvalue weighted by molar-refractivity contribution is -0.140. The fourth-order valence-electron chi connectivity index (χ4n) is 2.06. The smallest absolute Gasteiger partial charge is 0.346 e. The fraction of sp³-hybridized carbons (Fsp3) is 0.0714. The van der Waals surface area contributed by atoms with Crippen LogP contribution in [0, 0.1) is 0 Å². The predicted molar refractivity (Wildman–Crippen MR) is 68.2 cm³/mol. The molecular formula is C14H7F3N2O4. The molecule has 118 valence electrons. The van der Waals surface area contributed by atoms with Gasteiger partial charge < -0.3 is 9.82 Å². The van der Waals surface area contributed by atoms with Crippen molar-refractivity contribution in [3.63, 3.8) is 0 Å². The van der Waals surface area contributed by atoms with Crippen molar-refractivity contribution in [2.75, 3.05) is 0 Å². The number of imide groups is 1. The molecule has 0 fully saturated rings. The van der Waals surface area contributed by atoms with Gasteiger partial charge in [0.2, 0.25) is 0 Å². The molecule has 9 heteroatoms. The molecule has 23 heavy (non-hydrogen) atoms. The molecular weight excluding hydrogens is 317 g/mol. The third-order valence-electron chi connectivity index (χ3n) is 3.14. The van der Waals surface area contributed by atoms with Crippen LogP contribution in [-0.2, 0) is 11.0 Å². The summed E-state index contributed by atoms with van der Waals surface area (Å²) in [6.45, 7) is 0. The maximum Gasteiger partial charge on any atom is 0.431 e. The normalized spacial score (nSPS) is 14.1. The lowest BCUT2D eigenvalue weighted by atomic mass is 10.1. The molecule has 0 unspecified atom stereocenters. The standard InChI is InChI=1S/C14H7F3N2O4/c15-14(16,17)10-6-5-9(18-10)13(22)23-19-11(20)7-3-1-2-4-8(7)12(19)21/h1-6,18H. The average molecular weight is 324 g/mol. The van der Waals surface area contributed by atoms with Gasteiger partial charge in [0.15, 0.2) is 0 Å². The van der Waals surface area contributed by atoms with Crippen LogP contribution in [0.4, 0.5) is 13.2 Å². The van der Waals surface area contributed by atoms with Crippen LogP contribution in [-0.4, -0.2) is 27.8 Å². The molecule has 0 spiro atoms. The highest BCUT2D eigenvalue weighted by Crippen LogP contribution is 2.29. The second kappa shape index (κ2) is 4.97. The first-order valence-electron chi connectivity index (χ1n) is 6.25. The highest BCUT2D eigenvalue weighted by molar-refractivity contribution is 6.21. The number of hydroxylamine groups is 2. The summed E-state index contributed by atoms with van der Waals surface area (Å²) in [5, 5.41) is 0.223. The van der Waals surface area contributed by atoms with Crippen molar-refractivity contribution in [2.24, 2.45) is 0 Å². The summed E-state index contributed by atoms with van der Waals surface area (Å²) in [6.07, 6.45) is -4.66. The number of rotatable bonds is 2. The minimum absolute atomic E-state index is 0.0489.